The van der Waals surface area contributed by atoms with Crippen LogP contribution in [0.3, 0.4) is 0 Å². The smallest absolute Gasteiger partial charge is 0.243 e. The molecule has 3 N–H and O–H groups in total. The van der Waals surface area contributed by atoms with Crippen LogP contribution >= 0.6 is 23.5 Å². The Balaban J connectivity index is 1.40. The third kappa shape index (κ3) is 6.81. The number of benzene rings is 4. The van der Waals surface area contributed by atoms with E-state index in [0.29, 0.717) is 11.5 Å². The molecule has 5 aromatic rings. The number of hydrogen-bond acceptors (Lipinski definition) is 5. The van der Waals surface area contributed by atoms with E-state index in [1.165, 1.54) is 11.8 Å². The number of para-hydroxylation sites is 2. The van der Waals surface area contributed by atoms with Crippen LogP contribution in [0.15, 0.2) is 115 Å². The predicted octanol–water partition coefficient (Wildman–Crippen LogP) is 6.53. The van der Waals surface area contributed by atoms with Gasteiger partial charge in [-0.05, 0) is 42.7 Å². The Morgan fingerprint density at radius 3 is 1.79 bits per heavy atom. The molecule has 0 bridgehead atoms. The Labute approximate surface area is 261 Å². The molecule has 5 rings (SSSR count). The summed E-state index contributed by atoms with van der Waals surface area (Å²) in [5.41, 5.74) is 5.16. The van der Waals surface area contributed by atoms with Crippen LogP contribution in [0.2, 0.25) is 0 Å². The highest BCUT2D eigenvalue weighted by atomic mass is 32.2. The molecule has 0 aliphatic carbocycles. The fourth-order valence-electron chi connectivity index (χ4n) is 5.05. The van der Waals surface area contributed by atoms with Gasteiger partial charge in [-0.1, -0.05) is 103 Å². The van der Waals surface area contributed by atoms with E-state index in [-0.39, 0.29) is 11.8 Å². The molecular formula is C35H36N4O2S2. The first kappa shape index (κ1) is 30.4. The molecular weight excluding hydrogens is 573 g/mol. The fourth-order valence-corrected chi connectivity index (χ4v) is 7.44. The third-order valence-corrected chi connectivity index (χ3v) is 10.4. The molecule has 1 heterocycles. The van der Waals surface area contributed by atoms with Crippen molar-refractivity contribution in [3.63, 3.8) is 0 Å². The zero-order chi connectivity index (χ0) is 30.3. The predicted molar refractivity (Wildman–Crippen MR) is 179 cm³/mol. The zero-order valence-corrected chi connectivity index (χ0v) is 26.2. The molecule has 220 valence electrons. The number of nitrogens with one attached hydrogen (secondary N) is 3. The van der Waals surface area contributed by atoms with Crippen molar-refractivity contribution in [3.8, 4) is 0 Å². The van der Waals surface area contributed by atoms with Crippen molar-refractivity contribution in [1.82, 2.24) is 20.6 Å². The second-order valence-corrected chi connectivity index (χ2v) is 13.6. The minimum absolute atomic E-state index is 0.201. The number of H-pyrrole nitrogens is 1. The van der Waals surface area contributed by atoms with Gasteiger partial charge in [-0.25, -0.2) is 4.98 Å². The molecule has 6 nitrogen and oxygen atoms in total. The molecule has 0 unspecified atom stereocenters. The number of likely N-dealkylation sites (N-methyl/N-ethyl adjacent to an activating group) is 1. The molecule has 43 heavy (non-hydrogen) atoms. The van der Waals surface area contributed by atoms with E-state index in [1.54, 1.807) is 18.8 Å². The number of carbonyl (C=O) groups excluding carboxylic acids is 2. The summed E-state index contributed by atoms with van der Waals surface area (Å²) in [5, 5.41) is 5.84. The number of imidazole rings is 1. The maximum absolute atomic E-state index is 13.7. The van der Waals surface area contributed by atoms with Crippen molar-refractivity contribution in [2.45, 2.75) is 35.1 Å². The first-order valence-corrected chi connectivity index (χ1v) is 16.2. The zero-order valence-electron chi connectivity index (χ0n) is 24.5. The van der Waals surface area contributed by atoms with E-state index in [9.17, 15) is 9.59 Å². The molecule has 0 radical (unpaired) electrons. The van der Waals surface area contributed by atoms with Crippen LogP contribution in [0.4, 0.5) is 0 Å². The van der Waals surface area contributed by atoms with Gasteiger partial charge >= 0.3 is 0 Å². The summed E-state index contributed by atoms with van der Waals surface area (Å²) in [6, 6.07) is 38.1. The summed E-state index contributed by atoms with van der Waals surface area (Å²) in [7, 11) is 1.60. The van der Waals surface area contributed by atoms with Crippen LogP contribution in [0.25, 0.3) is 11.0 Å². The lowest BCUT2D eigenvalue weighted by molar-refractivity contribution is -0.129. The molecule has 1 aromatic heterocycles. The van der Waals surface area contributed by atoms with Gasteiger partial charge in [0.2, 0.25) is 11.8 Å². The lowest BCUT2D eigenvalue weighted by Crippen LogP contribution is -2.52. The van der Waals surface area contributed by atoms with Gasteiger partial charge in [-0.2, -0.15) is 0 Å². The standard InChI is InChI=1S/C35H36N4O2S2/c1-34(2,42-24-31-37-28-21-13-14-22-29(28)38-31)33(41)39-30(32(40)36-3)23-43-35(25-15-7-4-8-16-25,26-17-9-5-10-18-26)27-19-11-6-12-20-27/h4-22,30H,23-24H2,1-3H3,(H,36,40)(H,37,38)(H,39,41)/t30-/m0/s1. The molecule has 8 heteroatoms. The Hall–Kier alpha value is -4.01. The van der Waals surface area contributed by atoms with E-state index in [1.807, 2.05) is 92.7 Å². The molecule has 0 aliphatic rings. The molecule has 1 atom stereocenters. The topological polar surface area (TPSA) is 86.9 Å². The number of fused-ring (bicyclic) bond motifs is 1. The van der Waals surface area contributed by atoms with E-state index >= 15 is 0 Å². The molecule has 2 amide bonds. The van der Waals surface area contributed by atoms with Gasteiger partial charge < -0.3 is 15.6 Å². The Morgan fingerprint density at radius 1 is 0.767 bits per heavy atom. The van der Waals surface area contributed by atoms with Crippen LogP contribution in [-0.4, -0.2) is 45.4 Å². The second-order valence-electron chi connectivity index (χ2n) is 10.7. The van der Waals surface area contributed by atoms with Crippen LogP contribution in [0.5, 0.6) is 0 Å². The quantitative estimate of drug-likeness (QED) is 0.140. The minimum Gasteiger partial charge on any atom is -0.357 e. The molecule has 0 saturated carbocycles. The maximum Gasteiger partial charge on any atom is 0.243 e. The van der Waals surface area contributed by atoms with Crippen molar-refractivity contribution in [2.75, 3.05) is 12.8 Å². The molecule has 0 fully saturated rings. The second kappa shape index (κ2) is 13.5. The fraction of sp³-hybridized carbons (Fsp3) is 0.229. The van der Waals surface area contributed by atoms with Crippen molar-refractivity contribution in [1.29, 1.82) is 0 Å². The van der Waals surface area contributed by atoms with Crippen molar-refractivity contribution < 1.29 is 9.59 Å². The van der Waals surface area contributed by atoms with Crippen LogP contribution in [0.1, 0.15) is 36.4 Å². The van der Waals surface area contributed by atoms with E-state index in [4.69, 9.17) is 0 Å². The van der Waals surface area contributed by atoms with E-state index in [2.05, 4.69) is 57.0 Å². The number of hydrogen-bond donors (Lipinski definition) is 3. The lowest BCUT2D eigenvalue weighted by atomic mass is 9.84. The van der Waals surface area contributed by atoms with Crippen molar-refractivity contribution >= 4 is 46.4 Å². The monoisotopic (exact) mass is 608 g/mol. The van der Waals surface area contributed by atoms with Gasteiger partial charge in [0.15, 0.2) is 0 Å². The van der Waals surface area contributed by atoms with Crippen LogP contribution < -0.4 is 10.6 Å². The Bertz CT molecular complexity index is 1530. The third-order valence-electron chi connectivity index (χ3n) is 7.43. The molecule has 0 spiro atoms. The van der Waals surface area contributed by atoms with Gasteiger partial charge in [0.25, 0.3) is 0 Å². The van der Waals surface area contributed by atoms with Gasteiger partial charge in [0.05, 0.1) is 26.3 Å². The number of thioether (sulfide) groups is 2. The van der Waals surface area contributed by atoms with Gasteiger partial charge in [-0.15, -0.1) is 23.5 Å². The molecule has 4 aromatic carbocycles. The maximum atomic E-state index is 13.7. The number of aromatic nitrogens is 2. The number of amides is 2. The summed E-state index contributed by atoms with van der Waals surface area (Å²) in [4.78, 5) is 34.9. The molecule has 0 aliphatic heterocycles. The summed E-state index contributed by atoms with van der Waals surface area (Å²) in [5.74, 6) is 1.26. The largest absolute Gasteiger partial charge is 0.357 e. The van der Waals surface area contributed by atoms with Gasteiger partial charge in [0, 0.05) is 12.8 Å². The first-order valence-electron chi connectivity index (χ1n) is 14.2. The average molecular weight is 609 g/mol. The van der Waals surface area contributed by atoms with E-state index in [0.717, 1.165) is 33.5 Å². The summed E-state index contributed by atoms with van der Waals surface area (Å²) >= 11 is 3.13. The summed E-state index contributed by atoms with van der Waals surface area (Å²) in [6.07, 6.45) is 0. The number of nitrogens with zero attached hydrogens (tertiary/aromatic N) is 1. The highest BCUT2D eigenvalue weighted by Gasteiger charge is 2.39. The SMILES string of the molecule is CNC(=O)[C@H](CSC(c1ccccc1)(c1ccccc1)c1ccccc1)NC(=O)C(C)(C)SCc1nc2ccccc2[nH]1. The number of rotatable bonds is 12. The number of carbonyl (C=O) groups is 2. The van der Waals surface area contributed by atoms with Crippen molar-refractivity contribution in [3.05, 3.63) is 138 Å². The summed E-state index contributed by atoms with van der Waals surface area (Å²) in [6.45, 7) is 3.76. The minimum atomic E-state index is -0.800. The highest BCUT2D eigenvalue weighted by Crippen LogP contribution is 2.48. The van der Waals surface area contributed by atoms with Crippen LogP contribution in [-0.2, 0) is 20.1 Å². The van der Waals surface area contributed by atoms with Crippen molar-refractivity contribution in [2.24, 2.45) is 0 Å². The summed E-state index contributed by atoms with van der Waals surface area (Å²) < 4.78 is -1.41. The van der Waals surface area contributed by atoms with E-state index < -0.39 is 15.5 Å². The lowest BCUT2D eigenvalue weighted by Gasteiger charge is -2.36. The van der Waals surface area contributed by atoms with Gasteiger partial charge in [-0.3, -0.25) is 9.59 Å². The first-order chi connectivity index (χ1) is 20.8. The Morgan fingerprint density at radius 2 is 1.28 bits per heavy atom. The number of aromatic amines is 1. The van der Waals surface area contributed by atoms with Gasteiger partial charge in [0.1, 0.15) is 11.9 Å². The molecule has 0 saturated heterocycles. The normalized spacial score (nSPS) is 12.5. The average Bonchev–Trinajstić information content (AvgIpc) is 3.48. The van der Waals surface area contributed by atoms with Crippen LogP contribution in [0, 0.1) is 0 Å². The Kier molecular flexibility index (Phi) is 9.58. The highest BCUT2D eigenvalue weighted by molar-refractivity contribution is 8.01.